The molecular weight excluding hydrogens is 270 g/mol. The standard InChI is InChI=1S/C15H27N3OS/c19-15(17-7-2-1-3-8-17)18-9-4-13(5-10-18)16-14-6-11-20-12-14/h13-14,16H,1-12H2. The molecule has 0 radical (unpaired) electrons. The number of amides is 2. The summed E-state index contributed by atoms with van der Waals surface area (Å²) in [6.07, 6.45) is 7.22. The van der Waals surface area contributed by atoms with E-state index in [4.69, 9.17) is 0 Å². The molecule has 1 unspecified atom stereocenters. The molecule has 3 saturated heterocycles. The lowest BCUT2D eigenvalue weighted by Gasteiger charge is -2.38. The highest BCUT2D eigenvalue weighted by Crippen LogP contribution is 2.20. The third-order valence-corrected chi connectivity index (χ3v) is 5.96. The van der Waals surface area contributed by atoms with Crippen molar-refractivity contribution in [2.75, 3.05) is 37.7 Å². The zero-order valence-corrected chi connectivity index (χ0v) is 13.2. The maximum atomic E-state index is 12.4. The second-order valence-electron chi connectivity index (χ2n) is 6.32. The Kier molecular flexibility index (Phi) is 5.10. The van der Waals surface area contributed by atoms with Gasteiger partial charge in [0.05, 0.1) is 0 Å². The number of thioether (sulfide) groups is 1. The highest BCUT2D eigenvalue weighted by molar-refractivity contribution is 7.99. The maximum Gasteiger partial charge on any atom is 0.319 e. The van der Waals surface area contributed by atoms with Gasteiger partial charge in [-0.2, -0.15) is 11.8 Å². The summed E-state index contributed by atoms with van der Waals surface area (Å²) in [4.78, 5) is 16.6. The maximum absolute atomic E-state index is 12.4. The highest BCUT2D eigenvalue weighted by Gasteiger charge is 2.28. The van der Waals surface area contributed by atoms with E-state index in [1.807, 2.05) is 0 Å². The summed E-state index contributed by atoms with van der Waals surface area (Å²) < 4.78 is 0. The molecule has 1 atom stereocenters. The molecule has 0 aliphatic carbocycles. The summed E-state index contributed by atoms with van der Waals surface area (Å²) in [7, 11) is 0. The van der Waals surface area contributed by atoms with Crippen LogP contribution in [0.5, 0.6) is 0 Å². The minimum atomic E-state index is 0.291. The molecule has 0 saturated carbocycles. The molecule has 0 aromatic carbocycles. The van der Waals surface area contributed by atoms with E-state index in [-0.39, 0.29) is 0 Å². The van der Waals surface area contributed by atoms with E-state index in [1.54, 1.807) is 0 Å². The second-order valence-corrected chi connectivity index (χ2v) is 7.47. The van der Waals surface area contributed by atoms with Gasteiger partial charge in [0, 0.05) is 44.0 Å². The Labute approximate surface area is 126 Å². The number of hydrogen-bond acceptors (Lipinski definition) is 3. The molecule has 1 N–H and O–H groups in total. The Morgan fingerprint density at radius 2 is 1.60 bits per heavy atom. The van der Waals surface area contributed by atoms with Crippen LogP contribution in [-0.2, 0) is 0 Å². The number of carbonyl (C=O) groups excluding carboxylic acids is 1. The zero-order chi connectivity index (χ0) is 13.8. The number of urea groups is 1. The van der Waals surface area contributed by atoms with Crippen LogP contribution in [0.3, 0.4) is 0 Å². The molecule has 5 heteroatoms. The number of rotatable bonds is 2. The number of nitrogens with zero attached hydrogens (tertiary/aromatic N) is 2. The van der Waals surface area contributed by atoms with Crippen LogP contribution in [0, 0.1) is 0 Å². The van der Waals surface area contributed by atoms with Crippen molar-refractivity contribution in [3.63, 3.8) is 0 Å². The molecule has 0 spiro atoms. The van der Waals surface area contributed by atoms with Crippen molar-refractivity contribution in [3.8, 4) is 0 Å². The highest BCUT2D eigenvalue weighted by atomic mass is 32.2. The van der Waals surface area contributed by atoms with Crippen molar-refractivity contribution in [3.05, 3.63) is 0 Å². The van der Waals surface area contributed by atoms with Gasteiger partial charge in [0.15, 0.2) is 0 Å². The van der Waals surface area contributed by atoms with Crippen LogP contribution in [0.15, 0.2) is 0 Å². The minimum Gasteiger partial charge on any atom is -0.325 e. The Morgan fingerprint density at radius 1 is 0.900 bits per heavy atom. The lowest BCUT2D eigenvalue weighted by atomic mass is 10.0. The van der Waals surface area contributed by atoms with Crippen LogP contribution >= 0.6 is 11.8 Å². The Balaban J connectivity index is 1.41. The fraction of sp³-hybridized carbons (Fsp3) is 0.933. The SMILES string of the molecule is O=C(N1CCCCC1)N1CCC(NC2CCSC2)CC1. The first-order valence-corrected chi connectivity index (χ1v) is 9.36. The van der Waals surface area contributed by atoms with Gasteiger partial charge in [0.2, 0.25) is 0 Å². The van der Waals surface area contributed by atoms with Gasteiger partial charge in [-0.1, -0.05) is 0 Å². The molecule has 0 bridgehead atoms. The van der Waals surface area contributed by atoms with Crippen LogP contribution in [-0.4, -0.2) is 65.6 Å². The van der Waals surface area contributed by atoms with Gasteiger partial charge >= 0.3 is 6.03 Å². The van der Waals surface area contributed by atoms with Crippen molar-refractivity contribution in [1.29, 1.82) is 0 Å². The van der Waals surface area contributed by atoms with Crippen molar-refractivity contribution < 1.29 is 4.79 Å². The molecule has 0 aromatic heterocycles. The fourth-order valence-electron chi connectivity index (χ4n) is 3.52. The molecule has 114 valence electrons. The first-order valence-electron chi connectivity index (χ1n) is 8.20. The van der Waals surface area contributed by atoms with Crippen LogP contribution in [0.1, 0.15) is 38.5 Å². The molecule has 3 rings (SSSR count). The molecule has 20 heavy (non-hydrogen) atoms. The van der Waals surface area contributed by atoms with Crippen molar-refractivity contribution >= 4 is 17.8 Å². The monoisotopic (exact) mass is 297 g/mol. The average Bonchev–Trinajstić information content (AvgIpc) is 3.01. The van der Waals surface area contributed by atoms with Crippen molar-refractivity contribution in [1.82, 2.24) is 15.1 Å². The lowest BCUT2D eigenvalue weighted by Crippen LogP contribution is -2.52. The molecular formula is C15H27N3OS. The van der Waals surface area contributed by atoms with E-state index in [1.165, 1.54) is 37.2 Å². The molecule has 3 fully saturated rings. The van der Waals surface area contributed by atoms with E-state index >= 15 is 0 Å². The number of likely N-dealkylation sites (tertiary alicyclic amines) is 2. The van der Waals surface area contributed by atoms with E-state index in [0.29, 0.717) is 18.1 Å². The number of nitrogens with one attached hydrogen (secondary N) is 1. The van der Waals surface area contributed by atoms with E-state index in [0.717, 1.165) is 39.0 Å². The van der Waals surface area contributed by atoms with Gasteiger partial charge in [0.1, 0.15) is 0 Å². The van der Waals surface area contributed by atoms with Crippen LogP contribution in [0.4, 0.5) is 4.79 Å². The van der Waals surface area contributed by atoms with Gasteiger partial charge in [-0.25, -0.2) is 4.79 Å². The molecule has 3 aliphatic rings. The Hall–Kier alpha value is -0.420. The van der Waals surface area contributed by atoms with E-state index in [9.17, 15) is 4.79 Å². The smallest absolute Gasteiger partial charge is 0.319 e. The second kappa shape index (κ2) is 7.03. The number of piperidine rings is 2. The van der Waals surface area contributed by atoms with Gasteiger partial charge in [-0.15, -0.1) is 0 Å². The lowest BCUT2D eigenvalue weighted by molar-refractivity contribution is 0.128. The quantitative estimate of drug-likeness (QED) is 0.848. The summed E-state index contributed by atoms with van der Waals surface area (Å²) in [5, 5.41) is 3.78. The molecule has 3 aliphatic heterocycles. The van der Waals surface area contributed by atoms with Gasteiger partial charge < -0.3 is 15.1 Å². The Bertz CT molecular complexity index is 319. The van der Waals surface area contributed by atoms with Crippen LogP contribution in [0.25, 0.3) is 0 Å². The average molecular weight is 297 g/mol. The number of carbonyl (C=O) groups is 1. The molecule has 4 nitrogen and oxygen atoms in total. The third kappa shape index (κ3) is 3.61. The summed E-state index contributed by atoms with van der Waals surface area (Å²) in [5.41, 5.74) is 0. The van der Waals surface area contributed by atoms with Gasteiger partial charge in [-0.3, -0.25) is 0 Å². The summed E-state index contributed by atoms with van der Waals surface area (Å²) in [6, 6.07) is 1.64. The van der Waals surface area contributed by atoms with Gasteiger partial charge in [0.25, 0.3) is 0 Å². The van der Waals surface area contributed by atoms with Crippen LogP contribution in [0.2, 0.25) is 0 Å². The summed E-state index contributed by atoms with van der Waals surface area (Å²) in [5.74, 6) is 2.58. The van der Waals surface area contributed by atoms with Crippen LogP contribution < -0.4 is 5.32 Å². The third-order valence-electron chi connectivity index (χ3n) is 4.79. The Morgan fingerprint density at radius 3 is 2.25 bits per heavy atom. The largest absolute Gasteiger partial charge is 0.325 e. The van der Waals surface area contributed by atoms with Gasteiger partial charge in [-0.05, 0) is 44.3 Å². The summed E-state index contributed by atoms with van der Waals surface area (Å²) in [6.45, 7) is 3.81. The molecule has 0 aromatic rings. The van der Waals surface area contributed by atoms with Crippen molar-refractivity contribution in [2.45, 2.75) is 50.6 Å². The predicted molar refractivity (Wildman–Crippen MR) is 84.3 cm³/mol. The van der Waals surface area contributed by atoms with Crippen molar-refractivity contribution in [2.24, 2.45) is 0 Å². The topological polar surface area (TPSA) is 35.6 Å². The van der Waals surface area contributed by atoms with E-state index < -0.39 is 0 Å². The number of hydrogen-bond donors (Lipinski definition) is 1. The predicted octanol–water partition coefficient (Wildman–Crippen LogP) is 2.15. The first kappa shape index (κ1) is 14.5. The first-order chi connectivity index (χ1) is 9.83. The van der Waals surface area contributed by atoms with E-state index in [2.05, 4.69) is 26.9 Å². The zero-order valence-electron chi connectivity index (χ0n) is 12.4. The molecule has 3 heterocycles. The normalized spacial score (nSPS) is 28.9. The fourth-order valence-corrected chi connectivity index (χ4v) is 4.69. The summed E-state index contributed by atoms with van der Waals surface area (Å²) >= 11 is 2.06. The molecule has 2 amide bonds. The minimum absolute atomic E-state index is 0.291.